The van der Waals surface area contributed by atoms with E-state index in [1.54, 1.807) is 6.92 Å². The zero-order valence-electron chi connectivity index (χ0n) is 9.28. The second kappa shape index (κ2) is 4.88. The molecule has 2 rings (SSSR count). The molecule has 0 saturated heterocycles. The SMILES string of the molecule is Cc1cc([N+](=O)[O-])ccc1NC(=O)c1csnn1. The number of nitrogens with zero attached hydrogens (tertiary/aromatic N) is 3. The average molecular weight is 264 g/mol. The number of non-ortho nitro benzene ring substituents is 1. The van der Waals surface area contributed by atoms with Gasteiger partial charge in [0.05, 0.1) is 4.92 Å². The largest absolute Gasteiger partial charge is 0.320 e. The van der Waals surface area contributed by atoms with Crippen LogP contribution in [-0.2, 0) is 0 Å². The first-order valence-electron chi connectivity index (χ1n) is 4.91. The van der Waals surface area contributed by atoms with Crippen LogP contribution in [0.3, 0.4) is 0 Å². The third kappa shape index (κ3) is 2.48. The Morgan fingerprint density at radius 1 is 1.50 bits per heavy atom. The summed E-state index contributed by atoms with van der Waals surface area (Å²) in [4.78, 5) is 21.8. The molecule has 1 N–H and O–H groups in total. The summed E-state index contributed by atoms with van der Waals surface area (Å²) in [6.45, 7) is 1.68. The van der Waals surface area contributed by atoms with E-state index in [-0.39, 0.29) is 17.3 Å². The predicted octanol–water partition coefficient (Wildman–Crippen LogP) is 2.01. The molecule has 1 aromatic heterocycles. The molecule has 18 heavy (non-hydrogen) atoms. The molecule has 0 spiro atoms. The van der Waals surface area contributed by atoms with Crippen LogP contribution in [-0.4, -0.2) is 20.4 Å². The summed E-state index contributed by atoms with van der Waals surface area (Å²) < 4.78 is 3.59. The summed E-state index contributed by atoms with van der Waals surface area (Å²) in [7, 11) is 0. The Morgan fingerprint density at radius 2 is 2.28 bits per heavy atom. The van der Waals surface area contributed by atoms with Crippen molar-refractivity contribution in [2.24, 2.45) is 0 Å². The maximum absolute atomic E-state index is 11.7. The lowest BCUT2D eigenvalue weighted by Crippen LogP contribution is -2.13. The van der Waals surface area contributed by atoms with Crippen LogP contribution in [0.5, 0.6) is 0 Å². The lowest BCUT2D eigenvalue weighted by atomic mass is 10.2. The highest BCUT2D eigenvalue weighted by Crippen LogP contribution is 2.21. The molecule has 0 aliphatic rings. The van der Waals surface area contributed by atoms with Crippen molar-refractivity contribution in [3.8, 4) is 0 Å². The van der Waals surface area contributed by atoms with E-state index in [0.29, 0.717) is 11.3 Å². The molecule has 7 nitrogen and oxygen atoms in total. The van der Waals surface area contributed by atoms with Crippen LogP contribution >= 0.6 is 11.5 Å². The second-order valence-corrected chi connectivity index (χ2v) is 4.11. The number of carbonyl (C=O) groups excluding carboxylic acids is 1. The smallest absolute Gasteiger partial charge is 0.277 e. The topological polar surface area (TPSA) is 98.0 Å². The number of hydrogen-bond donors (Lipinski definition) is 1. The van der Waals surface area contributed by atoms with Crippen molar-refractivity contribution in [1.82, 2.24) is 9.59 Å². The minimum Gasteiger partial charge on any atom is -0.320 e. The van der Waals surface area contributed by atoms with Gasteiger partial charge in [-0.05, 0) is 30.1 Å². The lowest BCUT2D eigenvalue weighted by Gasteiger charge is -2.06. The molecular weight excluding hydrogens is 256 g/mol. The number of anilines is 1. The molecule has 0 bridgehead atoms. The first kappa shape index (κ1) is 12.1. The minimum absolute atomic E-state index is 0.0131. The monoisotopic (exact) mass is 264 g/mol. The number of aromatic nitrogens is 2. The molecule has 0 aliphatic carbocycles. The summed E-state index contributed by atoms with van der Waals surface area (Å²) in [5.74, 6) is -0.388. The highest BCUT2D eigenvalue weighted by atomic mass is 32.1. The normalized spacial score (nSPS) is 10.1. The molecule has 8 heteroatoms. The van der Waals surface area contributed by atoms with Gasteiger partial charge in [-0.25, -0.2) is 0 Å². The van der Waals surface area contributed by atoms with Crippen LogP contribution in [0, 0.1) is 17.0 Å². The number of carbonyl (C=O) groups is 1. The Morgan fingerprint density at radius 3 is 2.83 bits per heavy atom. The van der Waals surface area contributed by atoms with Crippen molar-refractivity contribution in [2.45, 2.75) is 6.92 Å². The Labute approximate surface area is 106 Å². The molecule has 0 atom stereocenters. The van der Waals surface area contributed by atoms with Crippen molar-refractivity contribution >= 4 is 28.8 Å². The third-order valence-electron chi connectivity index (χ3n) is 2.26. The van der Waals surface area contributed by atoms with E-state index in [4.69, 9.17) is 0 Å². The molecule has 0 fully saturated rings. The van der Waals surface area contributed by atoms with E-state index in [2.05, 4.69) is 14.9 Å². The van der Waals surface area contributed by atoms with Gasteiger partial charge in [-0.2, -0.15) is 0 Å². The van der Waals surface area contributed by atoms with E-state index in [1.807, 2.05) is 0 Å². The number of rotatable bonds is 3. The van der Waals surface area contributed by atoms with Gasteiger partial charge in [0.2, 0.25) is 0 Å². The Hall–Kier alpha value is -2.35. The summed E-state index contributed by atoms with van der Waals surface area (Å²) in [6, 6.07) is 4.22. The molecule has 0 aliphatic heterocycles. The standard InChI is InChI=1S/C10H8N4O3S/c1-6-4-7(14(16)17)2-3-8(6)11-10(15)9-5-18-13-12-9/h2-5H,1H3,(H,11,15). The van der Waals surface area contributed by atoms with Crippen molar-refractivity contribution in [2.75, 3.05) is 5.32 Å². The number of nitro groups is 1. The summed E-state index contributed by atoms with van der Waals surface area (Å²) >= 11 is 1.08. The minimum atomic E-state index is -0.483. The predicted molar refractivity (Wildman–Crippen MR) is 65.7 cm³/mol. The molecule has 0 unspecified atom stereocenters. The summed E-state index contributed by atoms with van der Waals surface area (Å²) in [5, 5.41) is 18.4. The van der Waals surface area contributed by atoms with E-state index in [0.717, 1.165) is 11.5 Å². The van der Waals surface area contributed by atoms with Gasteiger partial charge in [0.1, 0.15) is 0 Å². The Balaban J connectivity index is 2.20. The van der Waals surface area contributed by atoms with Crippen LogP contribution in [0.4, 0.5) is 11.4 Å². The van der Waals surface area contributed by atoms with Crippen LogP contribution in [0.15, 0.2) is 23.6 Å². The quantitative estimate of drug-likeness (QED) is 0.675. The Kier molecular flexibility index (Phi) is 3.28. The van der Waals surface area contributed by atoms with E-state index in [1.165, 1.54) is 23.6 Å². The molecule has 1 amide bonds. The Bertz CT molecular complexity index is 597. The average Bonchev–Trinajstić information content (AvgIpc) is 2.85. The van der Waals surface area contributed by atoms with Crippen LogP contribution < -0.4 is 5.32 Å². The molecule has 1 aromatic carbocycles. The molecular formula is C10H8N4O3S. The highest BCUT2D eigenvalue weighted by molar-refractivity contribution is 7.03. The number of benzene rings is 1. The van der Waals surface area contributed by atoms with Gasteiger partial charge in [-0.3, -0.25) is 14.9 Å². The van der Waals surface area contributed by atoms with E-state index < -0.39 is 4.92 Å². The lowest BCUT2D eigenvalue weighted by molar-refractivity contribution is -0.384. The van der Waals surface area contributed by atoms with Gasteiger partial charge in [0.15, 0.2) is 5.69 Å². The van der Waals surface area contributed by atoms with E-state index >= 15 is 0 Å². The fraction of sp³-hybridized carbons (Fsp3) is 0.100. The van der Waals surface area contributed by atoms with Gasteiger partial charge in [0, 0.05) is 23.2 Å². The van der Waals surface area contributed by atoms with Crippen molar-refractivity contribution in [1.29, 1.82) is 0 Å². The molecule has 1 heterocycles. The summed E-state index contributed by atoms with van der Waals surface area (Å²) in [6.07, 6.45) is 0. The number of aryl methyl sites for hydroxylation is 1. The number of hydrogen-bond acceptors (Lipinski definition) is 6. The molecule has 0 saturated carbocycles. The first-order valence-corrected chi connectivity index (χ1v) is 5.75. The molecule has 0 radical (unpaired) electrons. The maximum atomic E-state index is 11.7. The fourth-order valence-corrected chi connectivity index (χ4v) is 1.79. The summed E-state index contributed by atoms with van der Waals surface area (Å²) in [5.41, 5.74) is 1.33. The fourth-order valence-electron chi connectivity index (χ4n) is 1.35. The van der Waals surface area contributed by atoms with Gasteiger partial charge < -0.3 is 5.32 Å². The molecule has 92 valence electrons. The molecule has 2 aromatic rings. The number of nitrogens with one attached hydrogen (secondary N) is 1. The van der Waals surface area contributed by atoms with Crippen molar-refractivity contribution < 1.29 is 9.72 Å². The van der Waals surface area contributed by atoms with Crippen molar-refractivity contribution in [3.05, 3.63) is 45.0 Å². The van der Waals surface area contributed by atoms with Crippen LogP contribution in [0.2, 0.25) is 0 Å². The number of amides is 1. The number of nitro benzene ring substituents is 1. The van der Waals surface area contributed by atoms with Gasteiger partial charge in [0.25, 0.3) is 11.6 Å². The third-order valence-corrected chi connectivity index (χ3v) is 2.77. The van der Waals surface area contributed by atoms with Crippen LogP contribution in [0.25, 0.3) is 0 Å². The van der Waals surface area contributed by atoms with Gasteiger partial charge in [-0.15, -0.1) is 5.10 Å². The highest BCUT2D eigenvalue weighted by Gasteiger charge is 2.12. The van der Waals surface area contributed by atoms with Gasteiger partial charge >= 0.3 is 0 Å². The zero-order valence-corrected chi connectivity index (χ0v) is 10.1. The first-order chi connectivity index (χ1) is 8.58. The van der Waals surface area contributed by atoms with E-state index in [9.17, 15) is 14.9 Å². The van der Waals surface area contributed by atoms with Gasteiger partial charge in [-0.1, -0.05) is 4.49 Å². The zero-order chi connectivity index (χ0) is 13.1. The second-order valence-electron chi connectivity index (χ2n) is 3.50. The van der Waals surface area contributed by atoms with Crippen LogP contribution in [0.1, 0.15) is 16.1 Å². The van der Waals surface area contributed by atoms with Crippen molar-refractivity contribution in [3.63, 3.8) is 0 Å². The maximum Gasteiger partial charge on any atom is 0.277 e.